The second-order valence-electron chi connectivity index (χ2n) is 11.8. The number of aliphatic carboxylic acids is 1. The van der Waals surface area contributed by atoms with Crippen molar-refractivity contribution in [1.29, 1.82) is 5.26 Å². The molecule has 2 aromatic heterocycles. The molecule has 7 aromatic rings. The Bertz CT molecular complexity index is 2280. The number of nitriles is 1. The van der Waals surface area contributed by atoms with Crippen molar-refractivity contribution in [3.63, 3.8) is 0 Å². The molecule has 234 valence electrons. The number of benzene rings is 5. The van der Waals surface area contributed by atoms with E-state index in [0.717, 1.165) is 32.4 Å². The van der Waals surface area contributed by atoms with E-state index < -0.39 is 14.0 Å². The lowest BCUT2D eigenvalue weighted by Crippen LogP contribution is -2.72. The summed E-state index contributed by atoms with van der Waals surface area (Å²) in [6, 6.07) is 57.4. The molecule has 0 spiro atoms. The van der Waals surface area contributed by atoms with Crippen LogP contribution in [0.5, 0.6) is 0 Å². The second kappa shape index (κ2) is 12.7. The first-order valence-electron chi connectivity index (χ1n) is 15.8. The van der Waals surface area contributed by atoms with Gasteiger partial charge in [0.25, 0.3) is 0 Å². The number of thiophene rings is 2. The summed E-state index contributed by atoms with van der Waals surface area (Å²) in [7, 11) is -2.77. The van der Waals surface area contributed by atoms with Crippen molar-refractivity contribution in [3.8, 4) is 26.3 Å². The number of carbonyl (C=O) groups is 1. The van der Waals surface area contributed by atoms with Gasteiger partial charge in [-0.05, 0) is 80.9 Å². The van der Waals surface area contributed by atoms with Crippen LogP contribution in [0.3, 0.4) is 0 Å². The molecular weight excluding hydrogens is 657 g/mol. The minimum atomic E-state index is -2.77. The van der Waals surface area contributed by atoms with Crippen molar-refractivity contribution in [2.75, 3.05) is 4.90 Å². The fraction of sp³-hybridized carbons (Fsp3) is 0. The molecule has 7 heteroatoms. The summed E-state index contributed by atoms with van der Waals surface area (Å²) in [5, 5.41) is 24.3. The van der Waals surface area contributed by atoms with Crippen LogP contribution in [0, 0.1) is 11.3 Å². The molecule has 0 unspecified atom stereocenters. The summed E-state index contributed by atoms with van der Waals surface area (Å²) in [4.78, 5) is 18.4. The van der Waals surface area contributed by atoms with Crippen LogP contribution in [0.25, 0.3) is 26.3 Å². The lowest BCUT2D eigenvalue weighted by atomic mass is 10.1. The largest absolute Gasteiger partial charge is 0.477 e. The maximum Gasteiger partial charge on any atom is 0.346 e. The van der Waals surface area contributed by atoms with Gasteiger partial charge in [-0.15, -0.1) is 22.7 Å². The number of carboxylic acids is 1. The van der Waals surface area contributed by atoms with Gasteiger partial charge >= 0.3 is 5.97 Å². The Balaban J connectivity index is 1.30. The Morgan fingerprint density at radius 1 is 0.633 bits per heavy atom. The van der Waals surface area contributed by atoms with Crippen LogP contribution < -0.4 is 25.6 Å². The molecule has 0 saturated carbocycles. The molecule has 3 heterocycles. The number of fused-ring (bicyclic) bond motifs is 3. The molecule has 0 fully saturated rings. The monoisotopic (exact) mass is 684 g/mol. The molecule has 5 aromatic carbocycles. The van der Waals surface area contributed by atoms with E-state index in [-0.39, 0.29) is 5.57 Å². The number of rotatable bonds is 8. The Morgan fingerprint density at radius 3 is 1.61 bits per heavy atom. The van der Waals surface area contributed by atoms with Gasteiger partial charge in [-0.3, -0.25) is 0 Å². The van der Waals surface area contributed by atoms with Crippen LogP contribution >= 0.6 is 22.7 Å². The highest BCUT2D eigenvalue weighted by atomic mass is 32.1. The quantitative estimate of drug-likeness (QED) is 0.0994. The van der Waals surface area contributed by atoms with Crippen molar-refractivity contribution in [2.45, 2.75) is 0 Å². The third kappa shape index (κ3) is 5.23. The van der Waals surface area contributed by atoms with E-state index in [9.17, 15) is 15.2 Å². The molecule has 49 heavy (non-hydrogen) atoms. The molecule has 1 aliphatic heterocycles. The second-order valence-corrected chi connectivity index (χ2v) is 17.6. The average molecular weight is 685 g/mol. The molecule has 0 radical (unpaired) electrons. The number of carboxylic acid groups (broad SMARTS) is 1. The number of para-hydroxylation sites is 2. The minimum absolute atomic E-state index is 0.265. The molecule has 0 aliphatic carbocycles. The fourth-order valence-electron chi connectivity index (χ4n) is 6.88. The van der Waals surface area contributed by atoms with Crippen LogP contribution in [0.2, 0.25) is 0 Å². The zero-order valence-corrected chi connectivity index (χ0v) is 28.8. The predicted octanol–water partition coefficient (Wildman–Crippen LogP) is 8.30. The van der Waals surface area contributed by atoms with E-state index >= 15 is 0 Å². The van der Waals surface area contributed by atoms with Crippen molar-refractivity contribution in [3.05, 3.63) is 168 Å². The van der Waals surface area contributed by atoms with Crippen LogP contribution in [0.1, 0.15) is 4.88 Å². The first-order chi connectivity index (χ1) is 24.1. The van der Waals surface area contributed by atoms with Crippen LogP contribution in [-0.4, -0.2) is 19.1 Å². The molecule has 4 nitrogen and oxygen atoms in total. The van der Waals surface area contributed by atoms with Gasteiger partial charge in [0.15, 0.2) is 8.07 Å². The number of anilines is 3. The van der Waals surface area contributed by atoms with E-state index in [1.807, 2.05) is 18.2 Å². The first kappa shape index (κ1) is 30.5. The molecule has 0 saturated heterocycles. The van der Waals surface area contributed by atoms with Gasteiger partial charge in [-0.25, -0.2) is 4.79 Å². The topological polar surface area (TPSA) is 64.3 Å². The summed E-state index contributed by atoms with van der Waals surface area (Å²) in [5.41, 5.74) is 4.14. The third-order valence-corrected chi connectivity index (χ3v) is 16.6. The molecule has 0 bridgehead atoms. The molecule has 8 rings (SSSR count). The Labute approximate surface area is 293 Å². The summed E-state index contributed by atoms with van der Waals surface area (Å²) < 4.78 is 0. The lowest BCUT2D eigenvalue weighted by Gasteiger charge is -2.30. The third-order valence-electron chi connectivity index (χ3n) is 8.99. The smallest absolute Gasteiger partial charge is 0.346 e. The Morgan fingerprint density at radius 2 is 1.10 bits per heavy atom. The average Bonchev–Trinajstić information content (AvgIpc) is 3.84. The lowest BCUT2D eigenvalue weighted by molar-refractivity contribution is -0.132. The summed E-state index contributed by atoms with van der Waals surface area (Å²) in [6.07, 6.45) is 1.51. The number of hydrogen-bond donors (Lipinski definition) is 1. The molecular formula is C42H28N2O2S2Si. The van der Waals surface area contributed by atoms with E-state index in [1.165, 1.54) is 36.6 Å². The van der Waals surface area contributed by atoms with Crippen LogP contribution in [-0.2, 0) is 4.79 Å². The molecule has 1 N–H and O–H groups in total. The van der Waals surface area contributed by atoms with E-state index in [0.29, 0.717) is 0 Å². The van der Waals surface area contributed by atoms with Crippen molar-refractivity contribution < 1.29 is 9.90 Å². The van der Waals surface area contributed by atoms with Gasteiger partial charge < -0.3 is 10.0 Å². The fourth-order valence-corrected chi connectivity index (χ4v) is 15.6. The highest BCUT2D eigenvalue weighted by Gasteiger charge is 2.51. The van der Waals surface area contributed by atoms with E-state index in [4.69, 9.17) is 0 Å². The molecule has 1 aliphatic rings. The van der Waals surface area contributed by atoms with Gasteiger partial charge in [-0.2, -0.15) is 5.26 Å². The van der Waals surface area contributed by atoms with Gasteiger partial charge in [0.2, 0.25) is 0 Å². The Kier molecular flexibility index (Phi) is 7.90. The van der Waals surface area contributed by atoms with Crippen molar-refractivity contribution >= 4 is 80.6 Å². The maximum atomic E-state index is 11.8. The summed E-state index contributed by atoms with van der Waals surface area (Å²) in [5.74, 6) is -1.22. The van der Waals surface area contributed by atoms with E-state index in [1.54, 1.807) is 22.7 Å². The van der Waals surface area contributed by atoms with Gasteiger partial charge in [0, 0.05) is 36.6 Å². The van der Waals surface area contributed by atoms with Crippen LogP contribution in [0.15, 0.2) is 163 Å². The molecule has 0 amide bonds. The van der Waals surface area contributed by atoms with Gasteiger partial charge in [0.1, 0.15) is 11.6 Å². The summed E-state index contributed by atoms with van der Waals surface area (Å²) >= 11 is 3.37. The highest BCUT2D eigenvalue weighted by Crippen LogP contribution is 2.43. The van der Waals surface area contributed by atoms with Gasteiger partial charge in [0.05, 0.1) is 0 Å². The zero-order chi connectivity index (χ0) is 33.4. The SMILES string of the molecule is N#C/C(=C\c1cc2c(s1)-c1sc(-c3ccc(N(c4ccccc4)c4ccccc4)cc3)cc1[Si]2(c1ccccc1)c1ccccc1)C(=O)O. The van der Waals surface area contributed by atoms with Gasteiger partial charge in [-0.1, -0.05) is 109 Å². The zero-order valence-electron chi connectivity index (χ0n) is 26.2. The minimum Gasteiger partial charge on any atom is -0.477 e. The number of hydrogen-bond acceptors (Lipinski definition) is 5. The Hall–Kier alpha value is -5.78. The molecule has 0 atom stereocenters. The van der Waals surface area contributed by atoms with Crippen LogP contribution in [0.4, 0.5) is 17.1 Å². The first-order valence-corrected chi connectivity index (χ1v) is 19.5. The standard InChI is InChI=1S/C42H28N2O2S2Si/c43-28-30(42(45)46)25-34-26-38-40(47-34)41-39(49(38,35-17-9-3-10-18-35)36-19-11-4-12-20-36)27-37(48-41)29-21-23-33(24-22-29)44(31-13-5-1-6-14-31)32-15-7-2-8-16-32/h1-27H,(H,45,46)/b30-25+. The van der Waals surface area contributed by atoms with E-state index in [2.05, 4.69) is 150 Å². The predicted molar refractivity (Wildman–Crippen MR) is 206 cm³/mol. The normalized spacial score (nSPS) is 12.9. The van der Waals surface area contributed by atoms with Crippen molar-refractivity contribution in [2.24, 2.45) is 0 Å². The highest BCUT2D eigenvalue weighted by molar-refractivity contribution is 7.35. The summed E-state index contributed by atoms with van der Waals surface area (Å²) in [6.45, 7) is 0. The number of nitrogens with zero attached hydrogens (tertiary/aromatic N) is 2. The van der Waals surface area contributed by atoms with Crippen molar-refractivity contribution in [1.82, 2.24) is 0 Å². The maximum absolute atomic E-state index is 11.8.